The maximum atomic E-state index is 4.40. The highest BCUT2D eigenvalue weighted by Crippen LogP contribution is 2.29. The van der Waals surface area contributed by atoms with Gasteiger partial charge in [-0.3, -0.25) is 0 Å². The van der Waals surface area contributed by atoms with Crippen molar-refractivity contribution in [2.24, 2.45) is 0 Å². The molecule has 0 saturated carbocycles. The van der Waals surface area contributed by atoms with Gasteiger partial charge in [0.25, 0.3) is 0 Å². The highest BCUT2D eigenvalue weighted by Gasteiger charge is 2.13. The molecule has 4 rings (SSSR count). The lowest BCUT2D eigenvalue weighted by atomic mass is 9.86. The molecule has 0 N–H and O–H groups in total. The van der Waals surface area contributed by atoms with Crippen LogP contribution in [0.1, 0.15) is 26.3 Å². The Morgan fingerprint density at radius 2 is 1.25 bits per heavy atom. The predicted molar refractivity (Wildman–Crippen MR) is 101 cm³/mol. The van der Waals surface area contributed by atoms with E-state index in [-0.39, 0.29) is 5.41 Å². The highest BCUT2D eigenvalue weighted by molar-refractivity contribution is 6.04. The van der Waals surface area contributed by atoms with Gasteiger partial charge >= 0.3 is 0 Å². The number of nitrogens with zero attached hydrogens (tertiary/aromatic N) is 2. The lowest BCUT2D eigenvalue weighted by molar-refractivity contribution is 0.590. The van der Waals surface area contributed by atoms with Gasteiger partial charge < -0.3 is 0 Å². The minimum absolute atomic E-state index is 0.173. The largest absolute Gasteiger partial charge is 0.150 e. The Balaban J connectivity index is 1.82. The Labute approximate surface area is 142 Å². The third-order valence-corrected chi connectivity index (χ3v) is 4.54. The van der Waals surface area contributed by atoms with Gasteiger partial charge in [0.15, 0.2) is 0 Å². The first kappa shape index (κ1) is 14.8. The smallest absolute Gasteiger partial charge is 0.0942 e. The standard InChI is InChI=1S/C22H20N2/c1-22(2,3)17-11-8-15(9-12-17)16-10-13-19-18-6-4-5-7-20(18)23-24-21(19)14-16/h4-14H,1-3H3. The van der Waals surface area contributed by atoms with E-state index in [1.165, 1.54) is 16.7 Å². The maximum absolute atomic E-state index is 4.40. The average molecular weight is 312 g/mol. The molecule has 0 radical (unpaired) electrons. The number of rotatable bonds is 1. The molecule has 1 heterocycles. The second kappa shape index (κ2) is 5.41. The molecule has 0 amide bonds. The van der Waals surface area contributed by atoms with Crippen LogP contribution in [0, 0.1) is 0 Å². The fraction of sp³-hybridized carbons (Fsp3) is 0.182. The van der Waals surface area contributed by atoms with Crippen LogP contribution in [0.3, 0.4) is 0 Å². The summed E-state index contributed by atoms with van der Waals surface area (Å²) in [6, 6.07) is 23.4. The lowest BCUT2D eigenvalue weighted by Crippen LogP contribution is -2.10. The summed E-state index contributed by atoms with van der Waals surface area (Å²) in [5.41, 5.74) is 5.77. The topological polar surface area (TPSA) is 25.8 Å². The van der Waals surface area contributed by atoms with Gasteiger partial charge in [-0.15, -0.1) is 10.2 Å². The molecule has 0 aliphatic heterocycles. The first-order chi connectivity index (χ1) is 11.5. The normalized spacial score (nSPS) is 12.0. The van der Waals surface area contributed by atoms with Gasteiger partial charge in [0.05, 0.1) is 11.0 Å². The third-order valence-electron chi connectivity index (χ3n) is 4.54. The fourth-order valence-electron chi connectivity index (χ4n) is 3.08. The van der Waals surface area contributed by atoms with E-state index < -0.39 is 0 Å². The molecular weight excluding hydrogens is 292 g/mol. The summed E-state index contributed by atoms with van der Waals surface area (Å²) in [7, 11) is 0. The maximum Gasteiger partial charge on any atom is 0.0942 e. The van der Waals surface area contributed by atoms with Crippen LogP contribution >= 0.6 is 0 Å². The van der Waals surface area contributed by atoms with Crippen LogP contribution < -0.4 is 0 Å². The Morgan fingerprint density at radius 3 is 2.00 bits per heavy atom. The van der Waals surface area contributed by atoms with Crippen molar-refractivity contribution in [1.29, 1.82) is 0 Å². The molecule has 0 atom stereocenters. The molecule has 24 heavy (non-hydrogen) atoms. The number of benzene rings is 3. The minimum atomic E-state index is 0.173. The molecule has 0 saturated heterocycles. The van der Waals surface area contributed by atoms with Crippen molar-refractivity contribution in [3.05, 3.63) is 72.3 Å². The number of fused-ring (bicyclic) bond motifs is 3. The van der Waals surface area contributed by atoms with Gasteiger partial charge in [-0.05, 0) is 34.2 Å². The zero-order chi connectivity index (χ0) is 16.7. The van der Waals surface area contributed by atoms with Crippen LogP contribution in [0.2, 0.25) is 0 Å². The van der Waals surface area contributed by atoms with Gasteiger partial charge in [-0.25, -0.2) is 0 Å². The first-order valence-electron chi connectivity index (χ1n) is 8.28. The molecule has 118 valence electrons. The number of hydrogen-bond acceptors (Lipinski definition) is 2. The Bertz CT molecular complexity index is 1030. The zero-order valence-electron chi connectivity index (χ0n) is 14.2. The Morgan fingerprint density at radius 1 is 0.625 bits per heavy atom. The van der Waals surface area contributed by atoms with Crippen LogP contribution in [0.4, 0.5) is 0 Å². The van der Waals surface area contributed by atoms with E-state index in [0.717, 1.165) is 21.8 Å². The molecule has 0 unspecified atom stereocenters. The van der Waals surface area contributed by atoms with E-state index in [4.69, 9.17) is 0 Å². The zero-order valence-corrected chi connectivity index (χ0v) is 14.2. The molecule has 0 spiro atoms. The summed E-state index contributed by atoms with van der Waals surface area (Å²) in [5.74, 6) is 0. The van der Waals surface area contributed by atoms with Gasteiger partial charge in [-0.2, -0.15) is 0 Å². The summed E-state index contributed by atoms with van der Waals surface area (Å²) in [4.78, 5) is 0. The third kappa shape index (κ3) is 2.54. The molecule has 0 fully saturated rings. The predicted octanol–water partition coefficient (Wildman–Crippen LogP) is 5.75. The fourth-order valence-corrected chi connectivity index (χ4v) is 3.08. The van der Waals surface area contributed by atoms with Gasteiger partial charge in [0.1, 0.15) is 0 Å². The molecule has 4 aromatic rings. The van der Waals surface area contributed by atoms with Crippen molar-refractivity contribution in [1.82, 2.24) is 10.2 Å². The monoisotopic (exact) mass is 312 g/mol. The van der Waals surface area contributed by atoms with Crippen molar-refractivity contribution < 1.29 is 0 Å². The number of hydrogen-bond donors (Lipinski definition) is 0. The van der Waals surface area contributed by atoms with E-state index in [0.29, 0.717) is 0 Å². The van der Waals surface area contributed by atoms with Gasteiger partial charge in [-0.1, -0.05) is 75.4 Å². The van der Waals surface area contributed by atoms with Crippen molar-refractivity contribution in [2.75, 3.05) is 0 Å². The van der Waals surface area contributed by atoms with Crippen molar-refractivity contribution in [2.45, 2.75) is 26.2 Å². The summed E-state index contributed by atoms with van der Waals surface area (Å²) >= 11 is 0. The molecule has 0 bridgehead atoms. The van der Waals surface area contributed by atoms with E-state index in [1.807, 2.05) is 18.2 Å². The van der Waals surface area contributed by atoms with Crippen LogP contribution in [0.15, 0.2) is 66.7 Å². The highest BCUT2D eigenvalue weighted by atomic mass is 15.1. The molecule has 2 nitrogen and oxygen atoms in total. The first-order valence-corrected chi connectivity index (χ1v) is 8.28. The van der Waals surface area contributed by atoms with Gasteiger partial charge in [0, 0.05) is 10.8 Å². The quantitative estimate of drug-likeness (QED) is 0.418. The second-order valence-electron chi connectivity index (χ2n) is 7.28. The summed E-state index contributed by atoms with van der Waals surface area (Å²) < 4.78 is 0. The number of aromatic nitrogens is 2. The van der Waals surface area contributed by atoms with E-state index >= 15 is 0 Å². The minimum Gasteiger partial charge on any atom is -0.150 e. The molecule has 0 aliphatic rings. The van der Waals surface area contributed by atoms with E-state index in [2.05, 4.69) is 79.5 Å². The second-order valence-corrected chi connectivity index (χ2v) is 7.28. The Hall–Kier alpha value is -2.74. The summed E-state index contributed by atoms with van der Waals surface area (Å²) in [6.07, 6.45) is 0. The lowest BCUT2D eigenvalue weighted by Gasteiger charge is -2.19. The van der Waals surface area contributed by atoms with E-state index in [9.17, 15) is 0 Å². The Kier molecular flexibility index (Phi) is 3.34. The van der Waals surface area contributed by atoms with Crippen molar-refractivity contribution >= 4 is 21.8 Å². The SMILES string of the molecule is CC(C)(C)c1ccc(-c2ccc3c(c2)nnc2ccccc23)cc1. The van der Waals surface area contributed by atoms with Crippen LogP contribution in [-0.2, 0) is 5.41 Å². The molecule has 3 aromatic carbocycles. The molecule has 0 aliphatic carbocycles. The van der Waals surface area contributed by atoms with Crippen LogP contribution in [-0.4, -0.2) is 10.2 Å². The molecule has 2 heteroatoms. The van der Waals surface area contributed by atoms with E-state index in [1.54, 1.807) is 0 Å². The molecule has 1 aromatic heterocycles. The van der Waals surface area contributed by atoms with Crippen LogP contribution in [0.25, 0.3) is 32.9 Å². The van der Waals surface area contributed by atoms with Gasteiger partial charge in [0.2, 0.25) is 0 Å². The van der Waals surface area contributed by atoms with Crippen molar-refractivity contribution in [3.63, 3.8) is 0 Å². The summed E-state index contributed by atoms with van der Waals surface area (Å²) in [6.45, 7) is 6.70. The van der Waals surface area contributed by atoms with Crippen molar-refractivity contribution in [3.8, 4) is 11.1 Å². The molecular formula is C22H20N2. The van der Waals surface area contributed by atoms with Crippen LogP contribution in [0.5, 0.6) is 0 Å². The average Bonchev–Trinajstić information content (AvgIpc) is 2.60. The summed E-state index contributed by atoms with van der Waals surface area (Å²) in [5, 5.41) is 11.0.